The van der Waals surface area contributed by atoms with E-state index in [0.29, 0.717) is 23.2 Å². The molecule has 2 aromatic rings. The second kappa shape index (κ2) is 4.56. The Morgan fingerprint density at radius 3 is 2.63 bits per heavy atom. The number of nitrogens with one attached hydrogen (secondary N) is 1. The second-order valence-electron chi connectivity index (χ2n) is 4.03. The molecular formula is C13H9FN4O. The molecule has 5 nitrogen and oxygen atoms in total. The van der Waals surface area contributed by atoms with E-state index in [4.69, 9.17) is 0 Å². The first kappa shape index (κ1) is 11.5. The van der Waals surface area contributed by atoms with Gasteiger partial charge in [-0.3, -0.25) is 0 Å². The first-order valence-electron chi connectivity index (χ1n) is 5.67. The van der Waals surface area contributed by atoms with Gasteiger partial charge in [-0.15, -0.1) is 0 Å². The zero-order chi connectivity index (χ0) is 13.2. The van der Waals surface area contributed by atoms with Crippen molar-refractivity contribution < 1.29 is 9.18 Å². The maximum atomic E-state index is 12.7. The summed E-state index contributed by atoms with van der Waals surface area (Å²) in [5.74, 6) is 0.329. The molecule has 0 fully saturated rings. The molecule has 0 saturated heterocycles. The maximum absolute atomic E-state index is 12.7. The van der Waals surface area contributed by atoms with E-state index < -0.39 is 6.03 Å². The van der Waals surface area contributed by atoms with Crippen molar-refractivity contribution in [2.24, 2.45) is 9.98 Å². The highest BCUT2D eigenvalue weighted by atomic mass is 19.1. The molecule has 1 aromatic carbocycles. The predicted octanol–water partition coefficient (Wildman–Crippen LogP) is 1.21. The molecule has 0 saturated carbocycles. The summed E-state index contributed by atoms with van der Waals surface area (Å²) in [5.41, 5.74) is 1.26. The van der Waals surface area contributed by atoms with Crippen LogP contribution in [0.1, 0.15) is 5.56 Å². The SMILES string of the molecule is O=C1N=c2ccc(NCc3ccc(F)cc3)nc2=N1. The van der Waals surface area contributed by atoms with Crippen molar-refractivity contribution in [3.8, 4) is 0 Å². The summed E-state index contributed by atoms with van der Waals surface area (Å²) in [6, 6.07) is 9.07. The number of halogens is 1. The van der Waals surface area contributed by atoms with E-state index in [1.54, 1.807) is 24.3 Å². The number of anilines is 1. The largest absolute Gasteiger partial charge is 0.369 e. The molecule has 0 spiro atoms. The molecule has 1 N–H and O–H groups in total. The number of urea groups is 1. The topological polar surface area (TPSA) is 66.7 Å². The number of carbonyl (C=O) groups excluding carboxylic acids is 1. The van der Waals surface area contributed by atoms with Gasteiger partial charge in [-0.1, -0.05) is 12.1 Å². The number of aromatic nitrogens is 1. The summed E-state index contributed by atoms with van der Waals surface area (Å²) in [6.07, 6.45) is 0. The van der Waals surface area contributed by atoms with Crippen molar-refractivity contribution in [3.05, 3.63) is 58.6 Å². The van der Waals surface area contributed by atoms with E-state index >= 15 is 0 Å². The number of hydrogen-bond donors (Lipinski definition) is 1. The molecule has 2 amide bonds. The number of rotatable bonds is 3. The van der Waals surface area contributed by atoms with Crippen LogP contribution in [0.4, 0.5) is 15.0 Å². The van der Waals surface area contributed by atoms with Gasteiger partial charge < -0.3 is 5.32 Å². The van der Waals surface area contributed by atoms with Crippen LogP contribution in [0.25, 0.3) is 0 Å². The molecule has 2 heterocycles. The molecule has 0 unspecified atom stereocenters. The van der Waals surface area contributed by atoms with Crippen LogP contribution in [-0.2, 0) is 6.54 Å². The molecular weight excluding hydrogens is 247 g/mol. The van der Waals surface area contributed by atoms with Crippen LogP contribution >= 0.6 is 0 Å². The van der Waals surface area contributed by atoms with E-state index in [1.165, 1.54) is 12.1 Å². The van der Waals surface area contributed by atoms with Crippen LogP contribution < -0.4 is 16.2 Å². The molecule has 1 aliphatic rings. The van der Waals surface area contributed by atoms with Crippen LogP contribution in [0.15, 0.2) is 46.4 Å². The van der Waals surface area contributed by atoms with Crippen LogP contribution in [-0.4, -0.2) is 11.0 Å². The first-order chi connectivity index (χ1) is 9.20. The van der Waals surface area contributed by atoms with Gasteiger partial charge in [-0.25, -0.2) is 14.2 Å². The number of hydrogen-bond acceptors (Lipinski definition) is 3. The summed E-state index contributed by atoms with van der Waals surface area (Å²) < 4.78 is 12.7. The Morgan fingerprint density at radius 1 is 1.05 bits per heavy atom. The quantitative estimate of drug-likeness (QED) is 0.897. The summed E-state index contributed by atoms with van der Waals surface area (Å²) in [5, 5.41) is 3.56. The van der Waals surface area contributed by atoms with Gasteiger partial charge in [0.15, 0.2) is 5.49 Å². The van der Waals surface area contributed by atoms with Gasteiger partial charge in [0.25, 0.3) is 0 Å². The second-order valence-corrected chi connectivity index (χ2v) is 4.03. The van der Waals surface area contributed by atoms with Gasteiger partial charge in [0.05, 0.1) is 0 Å². The fraction of sp³-hybridized carbons (Fsp3) is 0.0769. The fourth-order valence-corrected chi connectivity index (χ4v) is 1.72. The highest BCUT2D eigenvalue weighted by Gasteiger charge is 2.06. The highest BCUT2D eigenvalue weighted by Crippen LogP contribution is 2.05. The Hall–Kier alpha value is -2.63. The lowest BCUT2D eigenvalue weighted by atomic mass is 10.2. The Labute approximate surface area is 107 Å². The van der Waals surface area contributed by atoms with Crippen molar-refractivity contribution in [2.75, 3.05) is 5.32 Å². The summed E-state index contributed by atoms with van der Waals surface area (Å²) in [4.78, 5) is 22.5. The fourth-order valence-electron chi connectivity index (χ4n) is 1.72. The Morgan fingerprint density at radius 2 is 1.84 bits per heavy atom. The van der Waals surface area contributed by atoms with Crippen LogP contribution in [0, 0.1) is 5.82 Å². The third-order valence-corrected chi connectivity index (χ3v) is 2.66. The van der Waals surface area contributed by atoms with E-state index in [1.807, 2.05) is 0 Å². The number of benzene rings is 1. The third kappa shape index (κ3) is 2.47. The van der Waals surface area contributed by atoms with E-state index in [2.05, 4.69) is 20.3 Å². The smallest absolute Gasteiger partial charge is 0.366 e. The molecule has 1 aromatic heterocycles. The van der Waals surface area contributed by atoms with Gasteiger partial charge in [0.1, 0.15) is 17.0 Å². The normalized spacial score (nSPS) is 12.6. The van der Waals surface area contributed by atoms with Gasteiger partial charge >= 0.3 is 6.03 Å². The van der Waals surface area contributed by atoms with Gasteiger partial charge in [-0.2, -0.15) is 9.98 Å². The summed E-state index contributed by atoms with van der Waals surface area (Å²) in [7, 11) is 0. The average molecular weight is 256 g/mol. The molecule has 1 aliphatic heterocycles. The van der Waals surface area contributed by atoms with E-state index in [0.717, 1.165) is 5.56 Å². The Bertz CT molecular complexity index is 755. The molecule has 0 radical (unpaired) electrons. The predicted molar refractivity (Wildman–Crippen MR) is 65.7 cm³/mol. The third-order valence-electron chi connectivity index (χ3n) is 2.66. The summed E-state index contributed by atoms with van der Waals surface area (Å²) in [6.45, 7) is 0.511. The van der Waals surface area contributed by atoms with Crippen molar-refractivity contribution in [1.29, 1.82) is 0 Å². The van der Waals surface area contributed by atoms with E-state index in [-0.39, 0.29) is 5.82 Å². The molecule has 19 heavy (non-hydrogen) atoms. The van der Waals surface area contributed by atoms with Gasteiger partial charge in [0.2, 0.25) is 0 Å². The zero-order valence-corrected chi connectivity index (χ0v) is 9.80. The van der Waals surface area contributed by atoms with Crippen LogP contribution in [0.2, 0.25) is 0 Å². The lowest BCUT2D eigenvalue weighted by Crippen LogP contribution is -2.26. The first-order valence-corrected chi connectivity index (χ1v) is 5.67. The Kier molecular flexibility index (Phi) is 2.75. The number of nitrogens with zero attached hydrogens (tertiary/aromatic N) is 3. The number of pyridine rings is 1. The van der Waals surface area contributed by atoms with Gasteiger partial charge in [0, 0.05) is 6.54 Å². The minimum Gasteiger partial charge on any atom is -0.366 e. The minimum absolute atomic E-state index is 0.265. The highest BCUT2D eigenvalue weighted by molar-refractivity contribution is 5.77. The molecule has 0 aliphatic carbocycles. The maximum Gasteiger partial charge on any atom is 0.369 e. The molecule has 0 bridgehead atoms. The van der Waals surface area contributed by atoms with Crippen molar-refractivity contribution in [2.45, 2.75) is 6.54 Å². The van der Waals surface area contributed by atoms with Crippen LogP contribution in [0.3, 0.4) is 0 Å². The lowest BCUT2D eigenvalue weighted by molar-refractivity contribution is 0.256. The van der Waals surface area contributed by atoms with Gasteiger partial charge in [-0.05, 0) is 29.8 Å². The molecule has 6 heteroatoms. The van der Waals surface area contributed by atoms with Crippen molar-refractivity contribution in [3.63, 3.8) is 0 Å². The molecule has 0 atom stereocenters. The lowest BCUT2D eigenvalue weighted by Gasteiger charge is -2.04. The monoisotopic (exact) mass is 256 g/mol. The summed E-state index contributed by atoms with van der Waals surface area (Å²) >= 11 is 0. The van der Waals surface area contributed by atoms with E-state index in [9.17, 15) is 9.18 Å². The number of fused-ring (bicyclic) bond motifs is 1. The Balaban J connectivity index is 1.77. The zero-order valence-electron chi connectivity index (χ0n) is 9.80. The van der Waals surface area contributed by atoms with Crippen LogP contribution in [0.5, 0.6) is 0 Å². The average Bonchev–Trinajstić information content (AvgIpc) is 2.77. The number of amides is 2. The standard InChI is InChI=1S/C13H9FN4O/c14-9-3-1-8(2-4-9)7-15-11-6-5-10-12(17-11)18-13(19)16-10/h1-6H,7H2,(H,15,17,18,19). The van der Waals surface area contributed by atoms with Crippen molar-refractivity contribution in [1.82, 2.24) is 4.98 Å². The van der Waals surface area contributed by atoms with Crippen molar-refractivity contribution >= 4 is 11.8 Å². The molecule has 3 rings (SSSR count). The molecule has 94 valence electrons. The number of carbonyl (C=O) groups is 1. The minimum atomic E-state index is -0.529.